The molecule has 0 aromatic heterocycles. The molecule has 0 spiro atoms. The number of aryl methyl sites for hydroxylation is 2. The molecule has 1 aliphatic carbocycles. The summed E-state index contributed by atoms with van der Waals surface area (Å²) in [5, 5.41) is 4.04. The van der Waals surface area contributed by atoms with E-state index in [9.17, 15) is 9.59 Å². The van der Waals surface area contributed by atoms with Crippen molar-refractivity contribution in [1.29, 1.82) is 0 Å². The van der Waals surface area contributed by atoms with Crippen LogP contribution in [0, 0.1) is 13.8 Å². The van der Waals surface area contributed by atoms with Crippen molar-refractivity contribution in [1.82, 2.24) is 10.2 Å². The summed E-state index contributed by atoms with van der Waals surface area (Å²) >= 11 is 12.4. The lowest BCUT2D eigenvalue weighted by Crippen LogP contribution is -2.53. The lowest BCUT2D eigenvalue weighted by Gasteiger charge is -2.32. The van der Waals surface area contributed by atoms with Crippen molar-refractivity contribution in [3.05, 3.63) is 99.0 Å². The molecule has 1 saturated carbocycles. The first kappa shape index (κ1) is 28.0. The largest absolute Gasteiger partial charge is 0.484 e. The van der Waals surface area contributed by atoms with Gasteiger partial charge in [-0.05, 0) is 73.2 Å². The van der Waals surface area contributed by atoms with E-state index in [2.05, 4.69) is 5.32 Å². The van der Waals surface area contributed by atoms with Crippen LogP contribution in [0.4, 0.5) is 0 Å². The fourth-order valence-electron chi connectivity index (χ4n) is 4.79. The molecule has 0 radical (unpaired) electrons. The molecule has 2 amide bonds. The molecule has 1 N–H and O–H groups in total. The van der Waals surface area contributed by atoms with Gasteiger partial charge in [0.1, 0.15) is 11.8 Å². The van der Waals surface area contributed by atoms with Crippen LogP contribution in [0.25, 0.3) is 0 Å². The monoisotopic (exact) mass is 552 g/mol. The van der Waals surface area contributed by atoms with Crippen molar-refractivity contribution in [2.45, 2.75) is 64.6 Å². The summed E-state index contributed by atoms with van der Waals surface area (Å²) in [7, 11) is 0. The Morgan fingerprint density at radius 1 is 0.921 bits per heavy atom. The zero-order chi connectivity index (χ0) is 27.1. The van der Waals surface area contributed by atoms with Crippen molar-refractivity contribution in [2.24, 2.45) is 0 Å². The Morgan fingerprint density at radius 2 is 1.66 bits per heavy atom. The van der Waals surface area contributed by atoms with Gasteiger partial charge in [0.05, 0.1) is 10.0 Å². The molecule has 38 heavy (non-hydrogen) atoms. The summed E-state index contributed by atoms with van der Waals surface area (Å²) in [5.74, 6) is 0.183. The first-order valence-electron chi connectivity index (χ1n) is 13.1. The summed E-state index contributed by atoms with van der Waals surface area (Å²) in [6.45, 7) is 4.04. The van der Waals surface area contributed by atoms with Gasteiger partial charge >= 0.3 is 0 Å². The molecule has 1 fully saturated rings. The van der Waals surface area contributed by atoms with E-state index in [1.807, 2.05) is 68.4 Å². The molecule has 1 aliphatic rings. The van der Waals surface area contributed by atoms with Crippen LogP contribution in [-0.2, 0) is 22.6 Å². The summed E-state index contributed by atoms with van der Waals surface area (Å²) in [4.78, 5) is 29.1. The van der Waals surface area contributed by atoms with E-state index in [0.29, 0.717) is 22.2 Å². The predicted molar refractivity (Wildman–Crippen MR) is 153 cm³/mol. The Labute approximate surface area is 235 Å². The van der Waals surface area contributed by atoms with E-state index < -0.39 is 6.04 Å². The molecule has 5 nitrogen and oxygen atoms in total. The molecule has 1 atom stereocenters. The van der Waals surface area contributed by atoms with Crippen LogP contribution in [0.5, 0.6) is 5.75 Å². The molecular weight excluding hydrogens is 519 g/mol. The van der Waals surface area contributed by atoms with Crippen molar-refractivity contribution < 1.29 is 14.3 Å². The Hall–Kier alpha value is -3.02. The number of nitrogens with zero attached hydrogens (tertiary/aromatic N) is 1. The smallest absolute Gasteiger partial charge is 0.261 e. The molecular formula is C31H34Cl2N2O3. The first-order chi connectivity index (χ1) is 18.3. The first-order valence-corrected chi connectivity index (χ1v) is 13.8. The molecule has 0 saturated heterocycles. The number of hydrogen-bond acceptors (Lipinski definition) is 3. The van der Waals surface area contributed by atoms with Gasteiger partial charge in [0.25, 0.3) is 5.91 Å². The number of benzene rings is 3. The Bertz CT molecular complexity index is 1260. The topological polar surface area (TPSA) is 58.6 Å². The van der Waals surface area contributed by atoms with Gasteiger partial charge in [0, 0.05) is 19.0 Å². The third kappa shape index (κ3) is 7.52. The number of rotatable bonds is 10. The summed E-state index contributed by atoms with van der Waals surface area (Å²) in [6.07, 6.45) is 4.50. The molecule has 7 heteroatoms. The van der Waals surface area contributed by atoms with Crippen LogP contribution in [-0.4, -0.2) is 35.4 Å². The predicted octanol–water partition coefficient (Wildman–Crippen LogP) is 6.69. The van der Waals surface area contributed by atoms with Crippen molar-refractivity contribution in [3.8, 4) is 5.75 Å². The van der Waals surface area contributed by atoms with Crippen LogP contribution in [0.3, 0.4) is 0 Å². The summed E-state index contributed by atoms with van der Waals surface area (Å²) in [6, 6.07) is 20.2. The van der Waals surface area contributed by atoms with Crippen LogP contribution < -0.4 is 10.1 Å². The van der Waals surface area contributed by atoms with Gasteiger partial charge in [0.15, 0.2) is 6.61 Å². The number of carbonyl (C=O) groups is 2. The third-order valence-electron chi connectivity index (χ3n) is 7.15. The van der Waals surface area contributed by atoms with E-state index in [0.717, 1.165) is 47.9 Å². The molecule has 0 heterocycles. The van der Waals surface area contributed by atoms with Gasteiger partial charge in [-0.25, -0.2) is 0 Å². The average Bonchev–Trinajstić information content (AvgIpc) is 3.42. The molecule has 0 unspecified atom stereocenters. The quantitative estimate of drug-likeness (QED) is 0.305. The zero-order valence-electron chi connectivity index (χ0n) is 21.9. The van der Waals surface area contributed by atoms with Crippen LogP contribution in [0.15, 0.2) is 66.7 Å². The SMILES string of the molecule is Cc1ccc(OCC(=O)N(Cc2ccc(Cl)c(Cl)c2)[C@H](Cc2ccccc2)C(=O)NC2CCCC2)cc1C. The van der Waals surface area contributed by atoms with Crippen LogP contribution >= 0.6 is 23.2 Å². The van der Waals surface area contributed by atoms with Gasteiger partial charge in [-0.2, -0.15) is 0 Å². The van der Waals surface area contributed by atoms with E-state index >= 15 is 0 Å². The fourth-order valence-corrected chi connectivity index (χ4v) is 5.11. The number of carbonyl (C=O) groups excluding carboxylic acids is 2. The maximum absolute atomic E-state index is 13.8. The number of amides is 2. The van der Waals surface area contributed by atoms with E-state index in [1.165, 1.54) is 0 Å². The second-order valence-electron chi connectivity index (χ2n) is 10.0. The Kier molecular flexibility index (Phi) is 9.70. The van der Waals surface area contributed by atoms with E-state index in [-0.39, 0.29) is 31.0 Å². The van der Waals surface area contributed by atoms with Crippen molar-refractivity contribution >= 4 is 35.0 Å². The maximum atomic E-state index is 13.8. The molecule has 200 valence electrons. The summed E-state index contributed by atoms with van der Waals surface area (Å²) < 4.78 is 5.91. The van der Waals surface area contributed by atoms with Gasteiger partial charge in [-0.15, -0.1) is 0 Å². The zero-order valence-corrected chi connectivity index (χ0v) is 23.4. The minimum absolute atomic E-state index is 0.134. The summed E-state index contributed by atoms with van der Waals surface area (Å²) in [5.41, 5.74) is 3.99. The van der Waals surface area contributed by atoms with Crippen molar-refractivity contribution in [2.75, 3.05) is 6.61 Å². The highest BCUT2D eigenvalue weighted by Crippen LogP contribution is 2.25. The number of ether oxygens (including phenoxy) is 1. The molecule has 3 aromatic rings. The molecule has 4 rings (SSSR count). The molecule has 0 bridgehead atoms. The highest BCUT2D eigenvalue weighted by molar-refractivity contribution is 6.42. The molecule has 3 aromatic carbocycles. The van der Waals surface area contributed by atoms with Gasteiger partial charge in [-0.3, -0.25) is 9.59 Å². The highest BCUT2D eigenvalue weighted by atomic mass is 35.5. The average molecular weight is 554 g/mol. The van der Waals surface area contributed by atoms with Gasteiger partial charge in [-0.1, -0.05) is 78.5 Å². The second-order valence-corrected chi connectivity index (χ2v) is 10.8. The minimum Gasteiger partial charge on any atom is -0.484 e. The van der Waals surface area contributed by atoms with Gasteiger partial charge < -0.3 is 15.0 Å². The fraction of sp³-hybridized carbons (Fsp3) is 0.355. The van der Waals surface area contributed by atoms with E-state index in [1.54, 1.807) is 17.0 Å². The lowest BCUT2D eigenvalue weighted by molar-refractivity contribution is -0.143. The number of hydrogen-bond donors (Lipinski definition) is 1. The molecule has 0 aliphatic heterocycles. The van der Waals surface area contributed by atoms with Crippen LogP contribution in [0.2, 0.25) is 10.0 Å². The lowest BCUT2D eigenvalue weighted by atomic mass is 10.0. The van der Waals surface area contributed by atoms with Crippen molar-refractivity contribution in [3.63, 3.8) is 0 Å². The Balaban J connectivity index is 1.63. The van der Waals surface area contributed by atoms with E-state index in [4.69, 9.17) is 27.9 Å². The van der Waals surface area contributed by atoms with Crippen LogP contribution in [0.1, 0.15) is 47.9 Å². The number of halogens is 2. The second kappa shape index (κ2) is 13.2. The Morgan fingerprint density at radius 3 is 2.34 bits per heavy atom. The maximum Gasteiger partial charge on any atom is 0.261 e. The minimum atomic E-state index is -0.719. The third-order valence-corrected chi connectivity index (χ3v) is 7.89. The normalized spacial score (nSPS) is 14.2. The number of nitrogens with one attached hydrogen (secondary N) is 1. The standard InChI is InChI=1S/C31H34Cl2N2O3/c1-21-12-14-26(16-22(21)2)38-20-30(36)35(19-24-13-15-27(32)28(33)17-24)29(18-23-8-4-3-5-9-23)31(37)34-25-10-6-7-11-25/h3-5,8-9,12-17,25,29H,6-7,10-11,18-20H2,1-2H3,(H,34,37)/t29-/m1/s1. The highest BCUT2D eigenvalue weighted by Gasteiger charge is 2.32. The van der Waals surface area contributed by atoms with Gasteiger partial charge in [0.2, 0.25) is 5.91 Å².